The van der Waals surface area contributed by atoms with Crippen LogP contribution in [0.4, 0.5) is 0 Å². The van der Waals surface area contributed by atoms with Gasteiger partial charge in [-0.2, -0.15) is 0 Å². The molecule has 180 valence electrons. The summed E-state index contributed by atoms with van der Waals surface area (Å²) in [7, 11) is 1.50. The van der Waals surface area contributed by atoms with Crippen LogP contribution in [0.5, 0.6) is 5.75 Å². The Morgan fingerprint density at radius 1 is 1.18 bits per heavy atom. The molecule has 1 N–H and O–H groups in total. The monoisotopic (exact) mass is 460 g/mol. The molecule has 1 aromatic rings. The molecule has 0 unspecified atom stereocenters. The van der Waals surface area contributed by atoms with Crippen LogP contribution in [0.25, 0.3) is 6.08 Å². The first-order chi connectivity index (χ1) is 15.6. The van der Waals surface area contributed by atoms with Crippen molar-refractivity contribution in [1.29, 1.82) is 0 Å². The van der Waals surface area contributed by atoms with Gasteiger partial charge in [-0.1, -0.05) is 37.3 Å². The van der Waals surface area contributed by atoms with Crippen LogP contribution in [0, 0.1) is 6.92 Å². The lowest BCUT2D eigenvalue weighted by Gasteiger charge is -2.47. The lowest BCUT2D eigenvalue weighted by atomic mass is 9.77. The second-order valence-corrected chi connectivity index (χ2v) is 8.65. The molecule has 2 aliphatic heterocycles. The Morgan fingerprint density at radius 3 is 2.52 bits per heavy atom. The minimum atomic E-state index is -1.08. The molecule has 1 aromatic heterocycles. The minimum absolute atomic E-state index is 0.320. The highest BCUT2D eigenvalue weighted by atomic mass is 16.7. The van der Waals surface area contributed by atoms with Gasteiger partial charge in [0.05, 0.1) is 19.3 Å². The van der Waals surface area contributed by atoms with Crippen molar-refractivity contribution < 1.29 is 33.3 Å². The molecule has 0 aliphatic carbocycles. The molecular formula is C25H32O8. The van der Waals surface area contributed by atoms with Crippen LogP contribution >= 0.6 is 0 Å². The van der Waals surface area contributed by atoms with Crippen LogP contribution in [-0.2, 0) is 19.0 Å². The van der Waals surface area contributed by atoms with E-state index in [9.17, 15) is 14.7 Å². The van der Waals surface area contributed by atoms with E-state index >= 15 is 0 Å². The van der Waals surface area contributed by atoms with Crippen molar-refractivity contribution in [3.8, 4) is 5.75 Å². The number of aliphatic hydroxyl groups is 1. The number of aliphatic hydroxyl groups excluding tert-OH is 1. The lowest BCUT2D eigenvalue weighted by molar-refractivity contribution is -0.235. The highest BCUT2D eigenvalue weighted by molar-refractivity contribution is 5.66. The zero-order chi connectivity index (χ0) is 24.4. The quantitative estimate of drug-likeness (QED) is 0.489. The number of rotatable bonds is 7. The summed E-state index contributed by atoms with van der Waals surface area (Å²) in [5, 5.41) is 11.0. The lowest BCUT2D eigenvalue weighted by Crippen LogP contribution is -2.65. The minimum Gasteiger partial charge on any atom is -0.496 e. The molecule has 2 bridgehead atoms. The third-order valence-electron chi connectivity index (χ3n) is 6.32. The predicted molar refractivity (Wildman–Crippen MR) is 122 cm³/mol. The zero-order valence-electron chi connectivity index (χ0n) is 19.9. The molecule has 8 nitrogen and oxygen atoms in total. The average molecular weight is 461 g/mol. The van der Waals surface area contributed by atoms with Gasteiger partial charge in [-0.05, 0) is 33.3 Å². The number of carbonyl (C=O) groups excluding carboxylic acids is 1. The first-order valence-corrected chi connectivity index (χ1v) is 11.0. The van der Waals surface area contributed by atoms with Gasteiger partial charge in [-0.3, -0.25) is 4.79 Å². The van der Waals surface area contributed by atoms with Crippen LogP contribution in [0.3, 0.4) is 0 Å². The van der Waals surface area contributed by atoms with E-state index in [1.165, 1.54) is 20.1 Å². The summed E-state index contributed by atoms with van der Waals surface area (Å²) < 4.78 is 28.3. The molecule has 0 aromatic carbocycles. The Bertz CT molecular complexity index is 1020. The van der Waals surface area contributed by atoms with Crippen molar-refractivity contribution in [1.82, 2.24) is 0 Å². The van der Waals surface area contributed by atoms with Crippen molar-refractivity contribution in [3.05, 3.63) is 58.2 Å². The van der Waals surface area contributed by atoms with Gasteiger partial charge in [0.2, 0.25) is 0 Å². The Kier molecular flexibility index (Phi) is 7.31. The van der Waals surface area contributed by atoms with Gasteiger partial charge in [0.15, 0.2) is 6.10 Å². The van der Waals surface area contributed by atoms with Crippen molar-refractivity contribution in [2.24, 2.45) is 0 Å². The Balaban J connectivity index is 1.73. The number of hydrogen-bond acceptors (Lipinski definition) is 8. The van der Waals surface area contributed by atoms with Gasteiger partial charge in [-0.15, -0.1) is 0 Å². The molecule has 3 rings (SSSR count). The second kappa shape index (κ2) is 9.67. The number of allylic oxidation sites excluding steroid dienone is 4. The van der Waals surface area contributed by atoms with Crippen LogP contribution in [0.15, 0.2) is 45.7 Å². The third kappa shape index (κ3) is 4.69. The van der Waals surface area contributed by atoms with Crippen molar-refractivity contribution >= 4 is 12.0 Å². The summed E-state index contributed by atoms with van der Waals surface area (Å²) in [6.45, 7) is 8.71. The first-order valence-electron chi connectivity index (χ1n) is 11.0. The van der Waals surface area contributed by atoms with Gasteiger partial charge in [0, 0.05) is 12.5 Å². The fourth-order valence-corrected chi connectivity index (χ4v) is 4.67. The molecule has 2 saturated heterocycles. The second-order valence-electron chi connectivity index (χ2n) is 8.65. The van der Waals surface area contributed by atoms with E-state index in [1.54, 1.807) is 50.3 Å². The molecule has 0 saturated carbocycles. The molecule has 6 atom stereocenters. The molecule has 8 heteroatoms. The fourth-order valence-electron chi connectivity index (χ4n) is 4.67. The van der Waals surface area contributed by atoms with E-state index in [2.05, 4.69) is 0 Å². The predicted octanol–water partition coefficient (Wildman–Crippen LogP) is 3.10. The molecule has 0 spiro atoms. The molecule has 2 fully saturated rings. The highest BCUT2D eigenvalue weighted by Crippen LogP contribution is 2.51. The Morgan fingerprint density at radius 2 is 1.88 bits per heavy atom. The Labute approximate surface area is 193 Å². The molecule has 0 radical (unpaired) electrons. The van der Waals surface area contributed by atoms with E-state index in [1.807, 2.05) is 13.8 Å². The van der Waals surface area contributed by atoms with Gasteiger partial charge < -0.3 is 28.5 Å². The summed E-state index contributed by atoms with van der Waals surface area (Å²) in [5.74, 6) is 0.435. The maximum Gasteiger partial charge on any atom is 0.339 e. The molecule has 2 aliphatic rings. The van der Waals surface area contributed by atoms with Gasteiger partial charge in [0.25, 0.3) is 0 Å². The van der Waals surface area contributed by atoms with E-state index < -0.39 is 41.1 Å². The number of hydrogen-bond donors (Lipinski definition) is 1. The van der Waals surface area contributed by atoms with Gasteiger partial charge in [0.1, 0.15) is 34.9 Å². The topological polar surface area (TPSA) is 104 Å². The summed E-state index contributed by atoms with van der Waals surface area (Å²) in [6, 6.07) is 1.30. The molecular weight excluding hydrogens is 428 g/mol. The van der Waals surface area contributed by atoms with Crippen molar-refractivity contribution in [3.63, 3.8) is 0 Å². The summed E-state index contributed by atoms with van der Waals surface area (Å²) in [4.78, 5) is 23.3. The first kappa shape index (κ1) is 25.0. The normalized spacial score (nSPS) is 33.9. The largest absolute Gasteiger partial charge is 0.496 e. The molecule has 33 heavy (non-hydrogen) atoms. The van der Waals surface area contributed by atoms with Crippen molar-refractivity contribution in [2.45, 2.75) is 76.7 Å². The molecule has 0 amide bonds. The van der Waals surface area contributed by atoms with Gasteiger partial charge >= 0.3 is 11.6 Å². The third-order valence-corrected chi connectivity index (χ3v) is 6.32. The van der Waals surface area contributed by atoms with Crippen LogP contribution < -0.4 is 10.4 Å². The number of esters is 1. The smallest absolute Gasteiger partial charge is 0.339 e. The van der Waals surface area contributed by atoms with Crippen LogP contribution in [0.1, 0.15) is 45.4 Å². The molecule has 3 heterocycles. The summed E-state index contributed by atoms with van der Waals surface area (Å²) in [6.07, 6.45) is 8.37. The van der Waals surface area contributed by atoms with Crippen molar-refractivity contribution in [2.75, 3.05) is 7.11 Å². The van der Waals surface area contributed by atoms with Crippen LogP contribution in [-0.4, -0.2) is 53.8 Å². The summed E-state index contributed by atoms with van der Waals surface area (Å²) >= 11 is 0. The van der Waals surface area contributed by atoms with Gasteiger partial charge in [-0.25, -0.2) is 4.79 Å². The number of carbonyl (C=O) groups is 1. The number of ether oxygens (including phenoxy) is 4. The highest BCUT2D eigenvalue weighted by Gasteiger charge is 2.69. The fraction of sp³-hybridized carbons (Fsp3) is 0.520. The SMILES string of the molecule is CC[C@@H]1O[C@@]2(C)[C@H](OC(C)=O)[C@]1(C)O[C@H](/C=C/C=C/C=C/c1oc(=O)cc(OC)c1C)[C@H]2O. The van der Waals surface area contributed by atoms with Crippen LogP contribution in [0.2, 0.25) is 0 Å². The van der Waals surface area contributed by atoms with E-state index in [0.29, 0.717) is 17.9 Å². The average Bonchev–Trinajstić information content (AvgIpc) is 2.93. The Hall–Kier alpha value is -2.68. The maximum absolute atomic E-state index is 11.7. The van der Waals surface area contributed by atoms with E-state index in [4.69, 9.17) is 23.4 Å². The maximum atomic E-state index is 11.7. The number of methoxy groups -OCH3 is 1. The van der Waals surface area contributed by atoms with E-state index in [0.717, 1.165) is 5.56 Å². The standard InChI is InChI=1S/C25H32O8/c1-7-20-24(4)23(30-16(3)26)25(5,33-20)22(28)18(32-24)13-11-9-8-10-12-17-15(2)19(29-6)14-21(27)31-17/h8-14,18,20,22-23,28H,7H2,1-6H3/b9-8+,12-10+,13-11+/t18-,20+,22-,23-,24-,25-/m1/s1. The number of fused-ring (bicyclic) bond motifs is 2. The summed E-state index contributed by atoms with van der Waals surface area (Å²) in [5.41, 5.74) is -1.73. The zero-order valence-corrected chi connectivity index (χ0v) is 19.9. The van der Waals surface area contributed by atoms with E-state index in [-0.39, 0.29) is 6.10 Å².